The van der Waals surface area contributed by atoms with Crippen LogP contribution in [0.2, 0.25) is 5.02 Å². The van der Waals surface area contributed by atoms with Gasteiger partial charge in [0.05, 0.1) is 5.88 Å². The number of alkyl halides is 2. The molecule has 0 aliphatic carbocycles. The Morgan fingerprint density at radius 1 is 1.29 bits per heavy atom. The molecule has 0 aliphatic heterocycles. The molecule has 0 heterocycles. The number of carbonyl (C=O) groups excluding carboxylic acids is 1. The smallest absolute Gasteiger partial charge is 0.151 e. The van der Waals surface area contributed by atoms with Crippen LogP contribution >= 0.6 is 34.8 Å². The van der Waals surface area contributed by atoms with E-state index in [-0.39, 0.29) is 11.7 Å². The zero-order valence-electron chi connectivity index (χ0n) is 7.40. The molecule has 1 rings (SSSR count). The van der Waals surface area contributed by atoms with E-state index >= 15 is 0 Å². The van der Waals surface area contributed by atoms with Crippen molar-refractivity contribution >= 4 is 40.6 Å². The quantitative estimate of drug-likeness (QED) is 0.749. The van der Waals surface area contributed by atoms with E-state index < -0.39 is 0 Å². The summed E-state index contributed by atoms with van der Waals surface area (Å²) in [5.41, 5.74) is 1.74. The maximum atomic E-state index is 11.0. The van der Waals surface area contributed by atoms with Gasteiger partial charge in [0.25, 0.3) is 0 Å². The molecule has 0 radical (unpaired) electrons. The Morgan fingerprint density at radius 2 is 2.00 bits per heavy atom. The molecule has 0 N–H and O–H groups in total. The van der Waals surface area contributed by atoms with Crippen LogP contribution < -0.4 is 0 Å². The third-order valence-corrected chi connectivity index (χ3v) is 2.75. The van der Waals surface area contributed by atoms with Gasteiger partial charge in [-0.25, -0.2) is 0 Å². The second-order valence-electron chi connectivity index (χ2n) is 2.91. The summed E-state index contributed by atoms with van der Waals surface area (Å²) >= 11 is 17.0. The molecule has 1 nitrogen and oxygen atoms in total. The van der Waals surface area contributed by atoms with Crippen LogP contribution in [0.25, 0.3) is 0 Å². The molecule has 0 spiro atoms. The van der Waals surface area contributed by atoms with Gasteiger partial charge < -0.3 is 0 Å². The fourth-order valence-corrected chi connectivity index (χ4v) is 1.75. The van der Waals surface area contributed by atoms with Crippen LogP contribution in [0.4, 0.5) is 0 Å². The van der Waals surface area contributed by atoms with Gasteiger partial charge in [-0.1, -0.05) is 23.7 Å². The van der Waals surface area contributed by atoms with E-state index in [2.05, 4.69) is 0 Å². The van der Waals surface area contributed by atoms with Gasteiger partial charge in [-0.15, -0.1) is 23.2 Å². The van der Waals surface area contributed by atoms with Gasteiger partial charge in [0.2, 0.25) is 0 Å². The minimum Gasteiger partial charge on any atom is -0.298 e. The summed E-state index contributed by atoms with van der Waals surface area (Å²) in [5.74, 6) is 0.401. The maximum absolute atomic E-state index is 11.0. The van der Waals surface area contributed by atoms with Crippen molar-refractivity contribution in [3.63, 3.8) is 0 Å². The van der Waals surface area contributed by atoms with Gasteiger partial charge in [-0.2, -0.15) is 0 Å². The summed E-state index contributed by atoms with van der Waals surface area (Å²) in [4.78, 5) is 11.0. The van der Waals surface area contributed by atoms with Crippen LogP contribution in [-0.2, 0) is 17.1 Å². The first-order valence-corrected chi connectivity index (χ1v) is 5.53. The lowest BCUT2D eigenvalue weighted by Gasteiger charge is -2.03. The summed E-state index contributed by atoms with van der Waals surface area (Å²) in [6.45, 7) is 0. The Morgan fingerprint density at radius 3 is 2.50 bits per heavy atom. The van der Waals surface area contributed by atoms with Crippen LogP contribution in [0.1, 0.15) is 11.1 Å². The minimum absolute atomic E-state index is 0.0126. The highest BCUT2D eigenvalue weighted by Crippen LogP contribution is 2.20. The minimum atomic E-state index is -0.0126. The molecular formula is C10H9Cl3O. The monoisotopic (exact) mass is 250 g/mol. The molecule has 1 aromatic rings. The van der Waals surface area contributed by atoms with Gasteiger partial charge in [-0.05, 0) is 17.2 Å². The molecule has 0 unspecified atom stereocenters. The van der Waals surface area contributed by atoms with Gasteiger partial charge in [-0.3, -0.25) is 4.79 Å². The number of Topliss-reactive ketones (excluding diaryl/α,β-unsaturated/α-hetero) is 1. The van der Waals surface area contributed by atoms with Crippen molar-refractivity contribution in [3.8, 4) is 0 Å². The first kappa shape index (κ1) is 11.8. The molecule has 0 atom stereocenters. The van der Waals surface area contributed by atoms with Crippen molar-refractivity contribution in [2.24, 2.45) is 0 Å². The Balaban J connectivity index is 2.81. The summed E-state index contributed by atoms with van der Waals surface area (Å²) in [6, 6.07) is 5.42. The van der Waals surface area contributed by atoms with E-state index in [0.717, 1.165) is 11.1 Å². The molecule has 0 aliphatic rings. The second-order valence-corrected chi connectivity index (χ2v) is 3.85. The van der Waals surface area contributed by atoms with E-state index in [1.165, 1.54) is 0 Å². The third-order valence-electron chi connectivity index (χ3n) is 1.81. The highest BCUT2D eigenvalue weighted by atomic mass is 35.5. The summed E-state index contributed by atoms with van der Waals surface area (Å²) in [6.07, 6.45) is 0.325. The molecule has 0 fully saturated rings. The predicted octanol–water partition coefficient (Wildman–Crippen LogP) is 3.43. The molecular weight excluding hydrogens is 242 g/mol. The molecule has 4 heteroatoms. The Kier molecular flexibility index (Phi) is 4.73. The number of rotatable bonds is 4. The van der Waals surface area contributed by atoms with Gasteiger partial charge in [0.1, 0.15) is 0 Å². The zero-order chi connectivity index (χ0) is 10.6. The molecule has 14 heavy (non-hydrogen) atoms. The molecule has 1 aromatic carbocycles. The van der Waals surface area contributed by atoms with Crippen LogP contribution in [0.15, 0.2) is 18.2 Å². The second kappa shape index (κ2) is 5.59. The van der Waals surface area contributed by atoms with Crippen molar-refractivity contribution in [2.45, 2.75) is 12.3 Å². The molecule has 0 saturated heterocycles. The molecule has 0 aromatic heterocycles. The van der Waals surface area contributed by atoms with Crippen molar-refractivity contribution in [2.75, 3.05) is 5.88 Å². The topological polar surface area (TPSA) is 17.1 Å². The summed E-state index contributed by atoms with van der Waals surface area (Å²) < 4.78 is 0. The third kappa shape index (κ3) is 3.16. The van der Waals surface area contributed by atoms with Crippen LogP contribution in [0.5, 0.6) is 0 Å². The van der Waals surface area contributed by atoms with Crippen molar-refractivity contribution in [3.05, 3.63) is 34.3 Å². The number of ketones is 1. The lowest BCUT2D eigenvalue weighted by atomic mass is 10.1. The standard InChI is InChI=1S/C10H9Cl3O/c11-5-8-2-1-7(4-10(8)13)3-9(14)6-12/h1-2,4H,3,5-6H2. The SMILES string of the molecule is O=C(CCl)Cc1ccc(CCl)c(Cl)c1. The number of carbonyl (C=O) groups is 1. The van der Waals surface area contributed by atoms with Crippen LogP contribution in [-0.4, -0.2) is 11.7 Å². The van der Waals surface area contributed by atoms with E-state index in [0.29, 0.717) is 17.3 Å². The van der Waals surface area contributed by atoms with E-state index in [1.54, 1.807) is 6.07 Å². The van der Waals surface area contributed by atoms with E-state index in [4.69, 9.17) is 34.8 Å². The largest absolute Gasteiger partial charge is 0.298 e. The van der Waals surface area contributed by atoms with Crippen molar-refractivity contribution in [1.82, 2.24) is 0 Å². The average Bonchev–Trinajstić information content (AvgIpc) is 2.18. The molecule has 0 bridgehead atoms. The fourth-order valence-electron chi connectivity index (χ4n) is 1.08. The lowest BCUT2D eigenvalue weighted by molar-refractivity contribution is -0.116. The average molecular weight is 252 g/mol. The Labute approximate surface area is 98.0 Å². The summed E-state index contributed by atoms with van der Waals surface area (Å²) in [7, 11) is 0. The Bertz CT molecular complexity index is 336. The van der Waals surface area contributed by atoms with Crippen molar-refractivity contribution < 1.29 is 4.79 Å². The summed E-state index contributed by atoms with van der Waals surface area (Å²) in [5, 5.41) is 0.597. The van der Waals surface area contributed by atoms with Crippen LogP contribution in [0, 0.1) is 0 Å². The zero-order valence-corrected chi connectivity index (χ0v) is 9.66. The maximum Gasteiger partial charge on any atom is 0.151 e. The van der Waals surface area contributed by atoms with Gasteiger partial charge >= 0.3 is 0 Å². The number of hydrogen-bond donors (Lipinski definition) is 0. The normalized spacial score (nSPS) is 10.2. The number of halogens is 3. The van der Waals surface area contributed by atoms with E-state index in [9.17, 15) is 4.79 Å². The van der Waals surface area contributed by atoms with Crippen LogP contribution in [0.3, 0.4) is 0 Å². The van der Waals surface area contributed by atoms with E-state index in [1.807, 2.05) is 12.1 Å². The van der Waals surface area contributed by atoms with Gasteiger partial charge in [0.15, 0.2) is 5.78 Å². The molecule has 0 saturated carbocycles. The first-order chi connectivity index (χ1) is 6.67. The number of hydrogen-bond acceptors (Lipinski definition) is 1. The highest BCUT2D eigenvalue weighted by molar-refractivity contribution is 6.32. The number of benzene rings is 1. The predicted molar refractivity (Wildman–Crippen MR) is 60.4 cm³/mol. The molecule has 76 valence electrons. The van der Waals surface area contributed by atoms with Gasteiger partial charge in [0, 0.05) is 17.3 Å². The Hall–Kier alpha value is -0.240. The highest BCUT2D eigenvalue weighted by Gasteiger charge is 2.04. The first-order valence-electron chi connectivity index (χ1n) is 4.08. The fraction of sp³-hybridized carbons (Fsp3) is 0.300. The van der Waals surface area contributed by atoms with Crippen molar-refractivity contribution in [1.29, 1.82) is 0 Å². The molecule has 0 amide bonds. The lowest BCUT2D eigenvalue weighted by Crippen LogP contribution is -2.03.